The molecule has 0 aliphatic rings. The maximum Gasteiger partial charge on any atom is 0.145 e. The predicted molar refractivity (Wildman–Crippen MR) is 72.4 cm³/mol. The van der Waals surface area contributed by atoms with E-state index in [-0.39, 0.29) is 11.6 Å². The highest BCUT2D eigenvalue weighted by molar-refractivity contribution is 9.10. The summed E-state index contributed by atoms with van der Waals surface area (Å²) in [4.78, 5) is 3.85. The molecule has 0 unspecified atom stereocenters. The van der Waals surface area contributed by atoms with E-state index in [1.165, 1.54) is 18.3 Å². The highest BCUT2D eigenvalue weighted by Gasteiger charge is 2.08. The van der Waals surface area contributed by atoms with E-state index in [0.717, 1.165) is 5.56 Å². The molecular formula is C13H7BrClFN2O. The van der Waals surface area contributed by atoms with E-state index in [1.54, 1.807) is 12.1 Å². The summed E-state index contributed by atoms with van der Waals surface area (Å²) in [7, 11) is 0. The Balaban J connectivity index is 2.14. The number of pyridine rings is 1. The summed E-state index contributed by atoms with van der Waals surface area (Å²) in [6.07, 6.45) is 1.52. The van der Waals surface area contributed by atoms with Crippen molar-refractivity contribution in [3.05, 3.63) is 57.0 Å². The molecular weight excluding hydrogens is 335 g/mol. The first-order chi connectivity index (χ1) is 9.10. The number of hydrogen-bond acceptors (Lipinski definition) is 3. The summed E-state index contributed by atoms with van der Waals surface area (Å²) < 4.78 is 19.4. The largest absolute Gasteiger partial charge is 0.488 e. The second kappa shape index (κ2) is 6.00. The zero-order valence-corrected chi connectivity index (χ0v) is 11.9. The molecule has 0 aliphatic carbocycles. The van der Waals surface area contributed by atoms with Crippen LogP contribution in [0.25, 0.3) is 0 Å². The van der Waals surface area contributed by atoms with Gasteiger partial charge >= 0.3 is 0 Å². The molecule has 96 valence electrons. The lowest BCUT2D eigenvalue weighted by atomic mass is 10.2. The van der Waals surface area contributed by atoms with Gasteiger partial charge in [0.1, 0.15) is 29.9 Å². The van der Waals surface area contributed by atoms with Crippen LogP contribution < -0.4 is 4.74 Å². The van der Waals surface area contributed by atoms with Gasteiger partial charge in [-0.05, 0) is 39.7 Å². The summed E-state index contributed by atoms with van der Waals surface area (Å²) >= 11 is 8.88. The van der Waals surface area contributed by atoms with Crippen LogP contribution in [-0.2, 0) is 6.61 Å². The van der Waals surface area contributed by atoms with Crippen LogP contribution in [0.3, 0.4) is 0 Å². The molecule has 6 heteroatoms. The lowest BCUT2D eigenvalue weighted by molar-refractivity contribution is 0.302. The molecule has 0 amide bonds. The van der Waals surface area contributed by atoms with Gasteiger partial charge in [0.25, 0.3) is 0 Å². The third kappa shape index (κ3) is 3.43. The highest BCUT2D eigenvalue weighted by atomic mass is 79.9. The number of nitrogens with zero attached hydrogens (tertiary/aromatic N) is 2. The molecule has 0 fully saturated rings. The Bertz CT molecular complexity index is 658. The fraction of sp³-hybridized carbons (Fsp3) is 0.0769. The van der Waals surface area contributed by atoms with Crippen molar-refractivity contribution >= 4 is 27.5 Å². The third-order valence-electron chi connectivity index (χ3n) is 2.31. The molecule has 0 saturated heterocycles. The van der Waals surface area contributed by atoms with Crippen LogP contribution in [0.2, 0.25) is 5.02 Å². The Morgan fingerprint density at radius 1 is 1.42 bits per heavy atom. The Kier molecular flexibility index (Phi) is 4.35. The van der Waals surface area contributed by atoms with E-state index in [9.17, 15) is 4.39 Å². The van der Waals surface area contributed by atoms with Crippen LogP contribution in [0.1, 0.15) is 11.3 Å². The van der Waals surface area contributed by atoms with Gasteiger partial charge in [0.2, 0.25) is 0 Å². The summed E-state index contributed by atoms with van der Waals surface area (Å²) in [5.74, 6) is -0.204. The second-order valence-corrected chi connectivity index (χ2v) is 4.91. The smallest absolute Gasteiger partial charge is 0.145 e. The number of rotatable bonds is 3. The van der Waals surface area contributed by atoms with Crippen LogP contribution in [0, 0.1) is 17.1 Å². The minimum atomic E-state index is -0.549. The van der Waals surface area contributed by atoms with Crippen molar-refractivity contribution in [2.24, 2.45) is 0 Å². The average Bonchev–Trinajstić information content (AvgIpc) is 2.41. The van der Waals surface area contributed by atoms with Gasteiger partial charge in [0.05, 0.1) is 9.50 Å². The van der Waals surface area contributed by atoms with E-state index in [0.29, 0.717) is 15.9 Å². The first kappa shape index (κ1) is 13.8. The lowest BCUT2D eigenvalue weighted by Gasteiger charge is -2.09. The number of benzene rings is 1. The van der Waals surface area contributed by atoms with Crippen molar-refractivity contribution in [3.63, 3.8) is 0 Å². The summed E-state index contributed by atoms with van der Waals surface area (Å²) in [5, 5.41) is 8.76. The number of nitriles is 1. The molecule has 0 spiro atoms. The molecule has 0 atom stereocenters. The van der Waals surface area contributed by atoms with Crippen LogP contribution in [0.15, 0.2) is 34.9 Å². The molecule has 2 aromatic rings. The molecule has 0 bridgehead atoms. The van der Waals surface area contributed by atoms with Gasteiger partial charge in [-0.1, -0.05) is 11.6 Å². The van der Waals surface area contributed by atoms with Gasteiger partial charge in [-0.15, -0.1) is 0 Å². The van der Waals surface area contributed by atoms with Crippen molar-refractivity contribution < 1.29 is 9.13 Å². The third-order valence-corrected chi connectivity index (χ3v) is 3.22. The Morgan fingerprint density at radius 2 is 2.21 bits per heavy atom. The molecule has 0 aliphatic heterocycles. The maximum atomic E-state index is 13.3. The van der Waals surface area contributed by atoms with Gasteiger partial charge in [-0.25, -0.2) is 9.37 Å². The first-order valence-corrected chi connectivity index (χ1v) is 6.39. The zero-order chi connectivity index (χ0) is 13.8. The number of ether oxygens (including phenoxy) is 1. The summed E-state index contributed by atoms with van der Waals surface area (Å²) in [5.41, 5.74) is 1.08. The molecule has 0 N–H and O–H groups in total. The molecule has 1 heterocycles. The van der Waals surface area contributed by atoms with Crippen molar-refractivity contribution in [2.75, 3.05) is 0 Å². The Labute approximate surface area is 122 Å². The van der Waals surface area contributed by atoms with Crippen LogP contribution in [0.5, 0.6) is 5.75 Å². The number of halogens is 3. The van der Waals surface area contributed by atoms with Gasteiger partial charge < -0.3 is 4.74 Å². The second-order valence-electron chi connectivity index (χ2n) is 3.65. The molecule has 1 aromatic carbocycles. The van der Waals surface area contributed by atoms with Crippen LogP contribution >= 0.6 is 27.5 Å². The molecule has 3 nitrogen and oxygen atoms in total. The molecule has 0 saturated carbocycles. The van der Waals surface area contributed by atoms with Gasteiger partial charge in [-0.2, -0.15) is 5.26 Å². The van der Waals surface area contributed by atoms with E-state index in [2.05, 4.69) is 20.9 Å². The van der Waals surface area contributed by atoms with Crippen molar-refractivity contribution in [3.8, 4) is 11.8 Å². The summed E-state index contributed by atoms with van der Waals surface area (Å²) in [6, 6.07) is 7.91. The van der Waals surface area contributed by atoms with Gasteiger partial charge in [-0.3, -0.25) is 0 Å². The highest BCUT2D eigenvalue weighted by Crippen LogP contribution is 2.31. The minimum absolute atomic E-state index is 0.0231. The first-order valence-electron chi connectivity index (χ1n) is 5.22. The van der Waals surface area contributed by atoms with Gasteiger partial charge in [0, 0.05) is 12.3 Å². The van der Waals surface area contributed by atoms with Crippen LogP contribution in [-0.4, -0.2) is 4.98 Å². The van der Waals surface area contributed by atoms with Gasteiger partial charge in [0.15, 0.2) is 0 Å². The molecule has 19 heavy (non-hydrogen) atoms. The SMILES string of the molecule is N#Cc1cc(COc2cc(F)c(Cl)cc2Br)ccn1. The van der Waals surface area contributed by atoms with Crippen molar-refractivity contribution in [1.29, 1.82) is 5.26 Å². The fourth-order valence-corrected chi connectivity index (χ4v) is 2.15. The maximum absolute atomic E-state index is 13.3. The van der Waals surface area contributed by atoms with E-state index in [1.807, 2.05) is 6.07 Å². The Morgan fingerprint density at radius 3 is 2.95 bits per heavy atom. The summed E-state index contributed by atoms with van der Waals surface area (Å²) in [6.45, 7) is 0.205. The predicted octanol–water partition coefficient (Wildman–Crippen LogP) is 4.09. The average molecular weight is 342 g/mol. The molecule has 2 rings (SSSR count). The topological polar surface area (TPSA) is 45.9 Å². The fourth-order valence-electron chi connectivity index (χ4n) is 1.40. The van der Waals surface area contributed by atoms with Crippen molar-refractivity contribution in [1.82, 2.24) is 4.98 Å². The van der Waals surface area contributed by atoms with E-state index < -0.39 is 5.82 Å². The normalized spacial score (nSPS) is 10.0. The zero-order valence-electron chi connectivity index (χ0n) is 9.53. The quantitative estimate of drug-likeness (QED) is 0.790. The number of aromatic nitrogens is 1. The Hall–Kier alpha value is -1.64. The van der Waals surface area contributed by atoms with E-state index in [4.69, 9.17) is 21.6 Å². The van der Waals surface area contributed by atoms with E-state index >= 15 is 0 Å². The minimum Gasteiger partial charge on any atom is -0.488 e. The lowest BCUT2D eigenvalue weighted by Crippen LogP contribution is -1.98. The van der Waals surface area contributed by atoms with Crippen LogP contribution in [0.4, 0.5) is 4.39 Å². The standard InChI is InChI=1S/C13H7BrClFN2O/c14-10-4-11(15)12(16)5-13(10)19-7-8-1-2-18-9(3-8)6-17/h1-5H,7H2. The molecule has 1 aromatic heterocycles. The number of hydrogen-bond donors (Lipinski definition) is 0. The van der Waals surface area contributed by atoms with Crippen molar-refractivity contribution in [2.45, 2.75) is 6.61 Å². The monoisotopic (exact) mass is 340 g/mol. The molecule has 0 radical (unpaired) electrons.